The van der Waals surface area contributed by atoms with Crippen LogP contribution in [0, 0.1) is 17.5 Å². The van der Waals surface area contributed by atoms with Gasteiger partial charge in [0.15, 0.2) is 24.1 Å². The number of nitrogens with one attached hydrogen (secondary N) is 1. The van der Waals surface area contributed by atoms with Crippen molar-refractivity contribution in [2.24, 2.45) is 0 Å². The Bertz CT molecular complexity index is 2360. The van der Waals surface area contributed by atoms with Crippen LogP contribution in [-0.2, 0) is 12.1 Å². The van der Waals surface area contributed by atoms with Crippen molar-refractivity contribution in [1.82, 2.24) is 24.6 Å². The molecule has 0 aliphatic carbocycles. The fraction of sp³-hybridized carbons (Fsp3) is 0.163. The van der Waals surface area contributed by atoms with Crippen molar-refractivity contribution in [3.05, 3.63) is 184 Å². The summed E-state index contributed by atoms with van der Waals surface area (Å²) >= 11 is 5.92. The van der Waals surface area contributed by atoms with Crippen LogP contribution in [0.15, 0.2) is 134 Å². The summed E-state index contributed by atoms with van der Waals surface area (Å²) in [5.41, 5.74) is 2.58. The standard InChI is InChI=1S/C43H36ClF3N6O3/c1-28(52(20-11-21-54)42(55)50-32-18-19-37(45)36(44)22-32)35-25-48-41(34-24-39(47)38(46)23-33(34)35)56-26-40-49-27-53(51-40)43(29-12-5-2-6-13-29,30-14-7-3-8-15-30)31-16-9-4-10-17-31/h2-10,12-19,22-25,27-28,54H,11,20-21,26H2,1H3,(H,50,55). The number of carbonyl (C=O) groups is 1. The van der Waals surface area contributed by atoms with Gasteiger partial charge in [-0.1, -0.05) is 103 Å². The van der Waals surface area contributed by atoms with Crippen LogP contribution in [0.3, 0.4) is 0 Å². The first kappa shape index (κ1) is 38.1. The van der Waals surface area contributed by atoms with Crippen molar-refractivity contribution >= 4 is 34.1 Å². The highest BCUT2D eigenvalue weighted by atomic mass is 35.5. The Balaban J connectivity index is 1.22. The molecule has 0 radical (unpaired) electrons. The molecule has 1 unspecified atom stereocenters. The zero-order chi connectivity index (χ0) is 39.2. The van der Waals surface area contributed by atoms with Gasteiger partial charge in [0.2, 0.25) is 5.88 Å². The third-order valence-electron chi connectivity index (χ3n) is 9.62. The number of halogens is 4. The minimum Gasteiger partial charge on any atom is -0.469 e. The molecule has 5 aromatic carbocycles. The molecule has 0 aliphatic heterocycles. The summed E-state index contributed by atoms with van der Waals surface area (Å²) in [6.07, 6.45) is 3.30. The number of aliphatic hydroxyl groups excluding tert-OH is 1. The van der Waals surface area contributed by atoms with Gasteiger partial charge in [-0.3, -0.25) is 0 Å². The molecule has 2 heterocycles. The van der Waals surface area contributed by atoms with Crippen molar-refractivity contribution in [3.63, 3.8) is 0 Å². The summed E-state index contributed by atoms with van der Waals surface area (Å²) in [7, 11) is 0. The van der Waals surface area contributed by atoms with Crippen LogP contribution in [0.25, 0.3) is 10.8 Å². The maximum atomic E-state index is 14.9. The molecule has 2 aromatic heterocycles. The second-order valence-electron chi connectivity index (χ2n) is 13.0. The van der Waals surface area contributed by atoms with Gasteiger partial charge in [-0.15, -0.1) is 0 Å². The van der Waals surface area contributed by atoms with Crippen molar-refractivity contribution < 1.29 is 27.8 Å². The van der Waals surface area contributed by atoms with Crippen LogP contribution < -0.4 is 10.1 Å². The van der Waals surface area contributed by atoms with Crippen LogP contribution in [0.4, 0.5) is 23.7 Å². The molecule has 7 rings (SSSR count). The second-order valence-corrected chi connectivity index (χ2v) is 13.4. The Hall–Kier alpha value is -6.24. The summed E-state index contributed by atoms with van der Waals surface area (Å²) in [4.78, 5) is 24.1. The molecule has 284 valence electrons. The molecule has 0 aliphatic rings. The molecule has 2 amide bonds. The smallest absolute Gasteiger partial charge is 0.322 e. The fourth-order valence-corrected chi connectivity index (χ4v) is 7.10. The van der Waals surface area contributed by atoms with Crippen LogP contribution in [0.1, 0.15) is 47.5 Å². The quantitative estimate of drug-likeness (QED) is 0.113. The number of fused-ring (bicyclic) bond motifs is 1. The van der Waals surface area contributed by atoms with Crippen molar-refractivity contribution in [2.45, 2.75) is 31.5 Å². The monoisotopic (exact) mass is 776 g/mol. The first-order valence-corrected chi connectivity index (χ1v) is 18.2. The molecular weight excluding hydrogens is 741 g/mol. The minimum absolute atomic E-state index is 0.000967. The Morgan fingerprint density at radius 3 is 2.00 bits per heavy atom. The molecule has 56 heavy (non-hydrogen) atoms. The summed E-state index contributed by atoms with van der Waals surface area (Å²) in [5, 5.41) is 17.5. The molecule has 2 N–H and O–H groups in total. The van der Waals surface area contributed by atoms with Gasteiger partial charge >= 0.3 is 6.03 Å². The first-order chi connectivity index (χ1) is 27.2. The highest BCUT2D eigenvalue weighted by Crippen LogP contribution is 2.40. The number of pyridine rings is 1. The molecule has 1 atom stereocenters. The summed E-state index contributed by atoms with van der Waals surface area (Å²) in [6.45, 7) is 1.41. The third-order valence-corrected chi connectivity index (χ3v) is 9.91. The lowest BCUT2D eigenvalue weighted by atomic mass is 9.77. The summed E-state index contributed by atoms with van der Waals surface area (Å²) < 4.78 is 51.5. The van der Waals surface area contributed by atoms with E-state index in [-0.39, 0.29) is 53.5 Å². The summed E-state index contributed by atoms with van der Waals surface area (Å²) in [6, 6.07) is 34.4. The van der Waals surface area contributed by atoms with Crippen molar-refractivity contribution in [2.75, 3.05) is 18.5 Å². The van der Waals surface area contributed by atoms with E-state index in [4.69, 9.17) is 21.4 Å². The topological polar surface area (TPSA) is 105 Å². The Morgan fingerprint density at radius 1 is 0.839 bits per heavy atom. The number of amides is 2. The third kappa shape index (κ3) is 7.53. The molecular formula is C43H36ClF3N6O3. The number of anilines is 1. The van der Waals surface area contributed by atoms with E-state index >= 15 is 0 Å². The van der Waals surface area contributed by atoms with Gasteiger partial charge in [-0.25, -0.2) is 32.6 Å². The SMILES string of the molecule is CC(c1cnc(OCc2ncn(C(c3ccccc3)(c3ccccc3)c3ccccc3)n2)c2cc(F)c(F)cc12)N(CCCO)C(=O)Nc1ccc(F)c(Cl)c1. The zero-order valence-corrected chi connectivity index (χ0v) is 30.9. The number of benzene rings is 5. The molecule has 0 saturated carbocycles. The van der Waals surface area contributed by atoms with E-state index in [0.29, 0.717) is 11.4 Å². The number of nitrogens with zero attached hydrogens (tertiary/aromatic N) is 5. The number of carbonyl (C=O) groups excluding carboxylic acids is 1. The molecule has 0 saturated heterocycles. The van der Waals surface area contributed by atoms with Crippen LogP contribution in [0.5, 0.6) is 5.88 Å². The van der Waals surface area contributed by atoms with Gasteiger partial charge in [0.05, 0.1) is 11.1 Å². The number of aliphatic hydroxyl groups is 1. The normalized spacial score (nSPS) is 12.0. The van der Waals surface area contributed by atoms with Gasteiger partial charge in [-0.2, -0.15) is 5.10 Å². The molecule has 0 spiro atoms. The van der Waals surface area contributed by atoms with E-state index in [0.717, 1.165) is 34.9 Å². The largest absolute Gasteiger partial charge is 0.469 e. The van der Waals surface area contributed by atoms with Gasteiger partial charge in [0, 0.05) is 36.0 Å². The highest BCUT2D eigenvalue weighted by molar-refractivity contribution is 6.31. The van der Waals surface area contributed by atoms with E-state index in [1.807, 2.05) is 91.0 Å². The molecule has 0 fully saturated rings. The molecule has 0 bridgehead atoms. The van der Waals surface area contributed by atoms with E-state index < -0.39 is 35.1 Å². The number of aromatic nitrogens is 4. The summed E-state index contributed by atoms with van der Waals surface area (Å²) in [5.74, 6) is -2.56. The Labute approximate surface area is 326 Å². The predicted molar refractivity (Wildman–Crippen MR) is 208 cm³/mol. The number of urea groups is 1. The lowest BCUT2D eigenvalue weighted by Gasteiger charge is -2.35. The van der Waals surface area contributed by atoms with Crippen molar-refractivity contribution in [3.8, 4) is 5.88 Å². The maximum absolute atomic E-state index is 14.9. The van der Waals surface area contributed by atoms with Crippen LogP contribution >= 0.6 is 11.6 Å². The fourth-order valence-electron chi connectivity index (χ4n) is 6.92. The van der Waals surface area contributed by atoms with Gasteiger partial charge in [0.1, 0.15) is 17.7 Å². The Morgan fingerprint density at radius 2 is 1.43 bits per heavy atom. The number of hydrogen-bond donors (Lipinski definition) is 2. The first-order valence-electron chi connectivity index (χ1n) is 17.8. The molecule has 7 aromatic rings. The zero-order valence-electron chi connectivity index (χ0n) is 30.1. The molecule has 9 nitrogen and oxygen atoms in total. The lowest BCUT2D eigenvalue weighted by molar-refractivity contribution is 0.182. The van der Waals surface area contributed by atoms with E-state index in [1.165, 1.54) is 23.2 Å². The molecule has 13 heteroatoms. The van der Waals surface area contributed by atoms with E-state index in [1.54, 1.807) is 17.9 Å². The lowest BCUT2D eigenvalue weighted by Crippen LogP contribution is -2.38. The highest BCUT2D eigenvalue weighted by Gasteiger charge is 2.39. The van der Waals surface area contributed by atoms with Gasteiger partial charge < -0.3 is 20.1 Å². The predicted octanol–water partition coefficient (Wildman–Crippen LogP) is 9.29. The van der Waals surface area contributed by atoms with E-state index in [2.05, 4.69) is 15.3 Å². The van der Waals surface area contributed by atoms with E-state index in [9.17, 15) is 23.1 Å². The average molecular weight is 777 g/mol. The maximum Gasteiger partial charge on any atom is 0.322 e. The van der Waals surface area contributed by atoms with Crippen LogP contribution in [0.2, 0.25) is 5.02 Å². The number of ether oxygens (including phenoxy) is 1. The Kier molecular flexibility index (Phi) is 11.3. The number of rotatable bonds is 13. The van der Waals surface area contributed by atoms with Gasteiger partial charge in [0.25, 0.3) is 0 Å². The minimum atomic E-state index is -1.11. The second kappa shape index (κ2) is 16.6. The average Bonchev–Trinajstić information content (AvgIpc) is 3.69. The van der Waals surface area contributed by atoms with Crippen molar-refractivity contribution in [1.29, 1.82) is 0 Å². The van der Waals surface area contributed by atoms with Crippen LogP contribution in [-0.4, -0.2) is 48.9 Å². The number of hydrogen-bond acceptors (Lipinski definition) is 6. The van der Waals surface area contributed by atoms with Gasteiger partial charge in [-0.05, 0) is 65.8 Å².